The van der Waals surface area contributed by atoms with E-state index in [1.54, 1.807) is 0 Å². The molecule has 2 fully saturated rings. The number of anilines is 1. The molecular formula is C18H30N4O. The van der Waals surface area contributed by atoms with Crippen molar-refractivity contribution in [3.8, 4) is 0 Å². The minimum Gasteiger partial charge on any atom is -0.372 e. The van der Waals surface area contributed by atoms with E-state index in [0.717, 1.165) is 24.6 Å². The van der Waals surface area contributed by atoms with Crippen molar-refractivity contribution in [1.82, 2.24) is 15.3 Å². The van der Waals surface area contributed by atoms with Gasteiger partial charge in [0.15, 0.2) is 0 Å². The maximum Gasteiger partial charge on any atom is 0.225 e. The molecule has 0 aromatic carbocycles. The Morgan fingerprint density at radius 1 is 1.35 bits per heavy atom. The van der Waals surface area contributed by atoms with Crippen LogP contribution in [0.2, 0.25) is 0 Å². The molecule has 5 heteroatoms. The van der Waals surface area contributed by atoms with Gasteiger partial charge >= 0.3 is 0 Å². The van der Waals surface area contributed by atoms with Gasteiger partial charge in [-0.3, -0.25) is 0 Å². The molecule has 3 rings (SSSR count). The zero-order valence-electron chi connectivity index (χ0n) is 15.1. The summed E-state index contributed by atoms with van der Waals surface area (Å²) in [6.45, 7) is 7.27. The molecule has 2 saturated carbocycles. The van der Waals surface area contributed by atoms with Crippen molar-refractivity contribution >= 4 is 5.95 Å². The SMILES string of the molecule is CN(C)c1nccc(CNC2CC(OC(C)(C)C)C23CCC3)n1. The average molecular weight is 318 g/mol. The van der Waals surface area contributed by atoms with Gasteiger partial charge in [-0.1, -0.05) is 6.42 Å². The molecule has 5 nitrogen and oxygen atoms in total. The van der Waals surface area contributed by atoms with Gasteiger partial charge in [0.05, 0.1) is 17.4 Å². The minimum absolute atomic E-state index is 0.0501. The molecular weight excluding hydrogens is 288 g/mol. The monoisotopic (exact) mass is 318 g/mol. The summed E-state index contributed by atoms with van der Waals surface area (Å²) in [4.78, 5) is 10.8. The molecule has 2 atom stereocenters. The molecule has 0 bridgehead atoms. The van der Waals surface area contributed by atoms with Crippen LogP contribution in [-0.2, 0) is 11.3 Å². The lowest BCUT2D eigenvalue weighted by Gasteiger charge is -2.62. The molecule has 1 heterocycles. The second kappa shape index (κ2) is 6.02. The van der Waals surface area contributed by atoms with Crippen molar-refractivity contribution in [2.45, 2.75) is 70.7 Å². The highest BCUT2D eigenvalue weighted by molar-refractivity contribution is 5.27. The third-order valence-electron chi connectivity index (χ3n) is 5.20. The number of rotatable bonds is 5. The van der Waals surface area contributed by atoms with Crippen LogP contribution in [-0.4, -0.2) is 41.8 Å². The van der Waals surface area contributed by atoms with Crippen LogP contribution in [0.4, 0.5) is 5.95 Å². The molecule has 2 aliphatic rings. The first-order valence-electron chi connectivity index (χ1n) is 8.71. The van der Waals surface area contributed by atoms with E-state index in [4.69, 9.17) is 4.74 Å². The average Bonchev–Trinajstić information content (AvgIpc) is 2.39. The first kappa shape index (κ1) is 16.7. The summed E-state index contributed by atoms with van der Waals surface area (Å²) in [7, 11) is 3.94. The summed E-state index contributed by atoms with van der Waals surface area (Å²) in [6, 6.07) is 2.55. The summed E-state index contributed by atoms with van der Waals surface area (Å²) in [5.74, 6) is 0.769. The smallest absolute Gasteiger partial charge is 0.225 e. The zero-order chi connectivity index (χ0) is 16.7. The normalized spacial score (nSPS) is 25.8. The highest BCUT2D eigenvalue weighted by Gasteiger charge is 2.59. The highest BCUT2D eigenvalue weighted by atomic mass is 16.5. The fourth-order valence-corrected chi connectivity index (χ4v) is 3.81. The van der Waals surface area contributed by atoms with E-state index in [9.17, 15) is 0 Å². The third-order valence-corrected chi connectivity index (χ3v) is 5.20. The molecule has 0 amide bonds. The summed E-state index contributed by atoms with van der Waals surface area (Å²) >= 11 is 0. The lowest BCUT2D eigenvalue weighted by molar-refractivity contribution is -0.215. The Morgan fingerprint density at radius 3 is 2.65 bits per heavy atom. The van der Waals surface area contributed by atoms with Gasteiger partial charge in [-0.2, -0.15) is 0 Å². The van der Waals surface area contributed by atoms with Crippen molar-refractivity contribution < 1.29 is 4.74 Å². The molecule has 1 aromatic rings. The van der Waals surface area contributed by atoms with Gasteiger partial charge in [0, 0.05) is 38.3 Å². The summed E-state index contributed by atoms with van der Waals surface area (Å²) in [5, 5.41) is 3.72. The fraction of sp³-hybridized carbons (Fsp3) is 0.778. The maximum absolute atomic E-state index is 6.29. The van der Waals surface area contributed by atoms with Crippen LogP contribution in [0.3, 0.4) is 0 Å². The topological polar surface area (TPSA) is 50.3 Å². The van der Waals surface area contributed by atoms with Gasteiger partial charge in [0.1, 0.15) is 0 Å². The second-order valence-electron chi connectivity index (χ2n) is 8.22. The van der Waals surface area contributed by atoms with Crippen LogP contribution in [0.25, 0.3) is 0 Å². The molecule has 1 spiro atoms. The van der Waals surface area contributed by atoms with Crippen molar-refractivity contribution in [3.63, 3.8) is 0 Å². The highest BCUT2D eigenvalue weighted by Crippen LogP contribution is 2.58. The van der Waals surface area contributed by atoms with Crippen molar-refractivity contribution in [3.05, 3.63) is 18.0 Å². The van der Waals surface area contributed by atoms with Crippen molar-refractivity contribution in [2.75, 3.05) is 19.0 Å². The standard InChI is InChI=1S/C18H30N4O/c1-17(2,3)23-15-11-14(18(15)8-6-9-18)20-12-13-7-10-19-16(21-13)22(4)5/h7,10,14-15,20H,6,8-9,11-12H2,1-5H3. The number of hydrogen-bond donors (Lipinski definition) is 1. The van der Waals surface area contributed by atoms with E-state index < -0.39 is 0 Å². The number of aromatic nitrogens is 2. The van der Waals surface area contributed by atoms with E-state index >= 15 is 0 Å². The third kappa shape index (κ3) is 3.36. The van der Waals surface area contributed by atoms with Gasteiger partial charge in [-0.05, 0) is 46.1 Å². The summed E-state index contributed by atoms with van der Waals surface area (Å²) in [6.07, 6.45) is 7.28. The van der Waals surface area contributed by atoms with Crippen LogP contribution in [0.1, 0.15) is 52.1 Å². The number of ether oxygens (including phenoxy) is 1. The van der Waals surface area contributed by atoms with Gasteiger partial charge in [-0.25, -0.2) is 9.97 Å². The Bertz CT molecular complexity index is 548. The molecule has 1 N–H and O–H groups in total. The first-order chi connectivity index (χ1) is 10.8. The van der Waals surface area contributed by atoms with E-state index in [-0.39, 0.29) is 5.60 Å². The van der Waals surface area contributed by atoms with E-state index in [0.29, 0.717) is 17.6 Å². The Labute approximate surface area is 139 Å². The Morgan fingerprint density at radius 2 is 2.09 bits per heavy atom. The Kier molecular flexibility index (Phi) is 4.36. The molecule has 0 aliphatic heterocycles. The van der Waals surface area contributed by atoms with Gasteiger partial charge in [-0.15, -0.1) is 0 Å². The molecule has 0 saturated heterocycles. The summed E-state index contributed by atoms with van der Waals surface area (Å²) in [5.41, 5.74) is 1.37. The van der Waals surface area contributed by atoms with Crippen LogP contribution < -0.4 is 10.2 Å². The molecule has 1 aromatic heterocycles. The minimum atomic E-state index is -0.0501. The Hall–Kier alpha value is -1.20. The molecule has 2 aliphatic carbocycles. The summed E-state index contributed by atoms with van der Waals surface area (Å²) < 4.78 is 6.29. The van der Waals surface area contributed by atoms with Crippen LogP contribution in [0, 0.1) is 5.41 Å². The second-order valence-corrected chi connectivity index (χ2v) is 8.22. The molecule has 128 valence electrons. The molecule has 2 unspecified atom stereocenters. The fourth-order valence-electron chi connectivity index (χ4n) is 3.81. The Balaban J connectivity index is 1.58. The van der Waals surface area contributed by atoms with Crippen molar-refractivity contribution in [2.24, 2.45) is 5.41 Å². The van der Waals surface area contributed by atoms with Gasteiger partial charge in [0.25, 0.3) is 0 Å². The number of hydrogen-bond acceptors (Lipinski definition) is 5. The maximum atomic E-state index is 6.29. The van der Waals surface area contributed by atoms with Crippen LogP contribution in [0.15, 0.2) is 12.3 Å². The quantitative estimate of drug-likeness (QED) is 0.904. The number of nitrogens with zero attached hydrogens (tertiary/aromatic N) is 3. The number of nitrogens with one attached hydrogen (secondary N) is 1. The molecule has 0 radical (unpaired) electrons. The van der Waals surface area contributed by atoms with E-state index in [1.165, 1.54) is 19.3 Å². The van der Waals surface area contributed by atoms with Gasteiger partial charge in [0.2, 0.25) is 5.95 Å². The molecule has 23 heavy (non-hydrogen) atoms. The zero-order valence-corrected chi connectivity index (χ0v) is 15.1. The largest absolute Gasteiger partial charge is 0.372 e. The lowest BCUT2D eigenvalue weighted by atomic mass is 9.51. The predicted octanol–water partition coefficient (Wildman–Crippen LogP) is 2.76. The van der Waals surface area contributed by atoms with Crippen LogP contribution >= 0.6 is 0 Å². The van der Waals surface area contributed by atoms with Crippen LogP contribution in [0.5, 0.6) is 0 Å². The lowest BCUT2D eigenvalue weighted by Crippen LogP contribution is -2.67. The predicted molar refractivity (Wildman–Crippen MR) is 92.5 cm³/mol. The van der Waals surface area contributed by atoms with Gasteiger partial charge < -0.3 is 15.0 Å². The first-order valence-corrected chi connectivity index (χ1v) is 8.71. The van der Waals surface area contributed by atoms with E-state index in [1.807, 2.05) is 31.3 Å². The van der Waals surface area contributed by atoms with Crippen molar-refractivity contribution in [1.29, 1.82) is 0 Å². The van der Waals surface area contributed by atoms with E-state index in [2.05, 4.69) is 36.1 Å².